The van der Waals surface area contributed by atoms with Gasteiger partial charge in [0.15, 0.2) is 0 Å². The number of likely N-dealkylation sites (tertiary alicyclic amines) is 1. The molecule has 0 saturated carbocycles. The minimum absolute atomic E-state index is 0.653. The second kappa shape index (κ2) is 4.74. The summed E-state index contributed by atoms with van der Waals surface area (Å²) in [5.74, 6) is 0. The number of aryl methyl sites for hydroxylation is 1. The molecule has 1 aliphatic heterocycles. The molecule has 3 nitrogen and oxygen atoms in total. The van der Waals surface area contributed by atoms with Gasteiger partial charge in [-0.25, -0.2) is 0 Å². The molecule has 1 heterocycles. The summed E-state index contributed by atoms with van der Waals surface area (Å²) in [5.41, 5.74) is 9.08. The van der Waals surface area contributed by atoms with Gasteiger partial charge in [-0.15, -0.1) is 0 Å². The highest BCUT2D eigenvalue weighted by molar-refractivity contribution is 5.66. The van der Waals surface area contributed by atoms with Crippen LogP contribution in [0, 0.1) is 6.92 Å². The SMILES string of the molecule is Cc1ccc(NCC2CCCN2C)c(N)c1. The van der Waals surface area contributed by atoms with E-state index in [1.165, 1.54) is 24.9 Å². The van der Waals surface area contributed by atoms with Crippen LogP contribution in [-0.2, 0) is 0 Å². The summed E-state index contributed by atoms with van der Waals surface area (Å²) in [6.07, 6.45) is 2.60. The Balaban J connectivity index is 1.94. The Morgan fingerprint density at radius 2 is 2.31 bits per heavy atom. The lowest BCUT2D eigenvalue weighted by Crippen LogP contribution is -2.31. The van der Waals surface area contributed by atoms with Gasteiger partial charge in [-0.3, -0.25) is 0 Å². The number of rotatable bonds is 3. The van der Waals surface area contributed by atoms with Gasteiger partial charge >= 0.3 is 0 Å². The van der Waals surface area contributed by atoms with Crippen LogP contribution in [0.1, 0.15) is 18.4 Å². The highest BCUT2D eigenvalue weighted by Crippen LogP contribution is 2.21. The summed E-state index contributed by atoms with van der Waals surface area (Å²) in [5, 5.41) is 3.45. The first-order valence-electron chi connectivity index (χ1n) is 5.97. The maximum absolute atomic E-state index is 5.96. The third-order valence-electron chi connectivity index (χ3n) is 3.41. The largest absolute Gasteiger partial charge is 0.397 e. The van der Waals surface area contributed by atoms with Crippen molar-refractivity contribution < 1.29 is 0 Å². The molecule has 0 aliphatic carbocycles. The van der Waals surface area contributed by atoms with Crippen LogP contribution in [0.2, 0.25) is 0 Å². The van der Waals surface area contributed by atoms with Crippen LogP contribution < -0.4 is 11.1 Å². The van der Waals surface area contributed by atoms with E-state index in [9.17, 15) is 0 Å². The summed E-state index contributed by atoms with van der Waals surface area (Å²) >= 11 is 0. The standard InChI is InChI=1S/C13H21N3/c1-10-5-6-13(12(14)8-10)15-9-11-4-3-7-16(11)2/h5-6,8,11,15H,3-4,7,9,14H2,1-2H3. The lowest BCUT2D eigenvalue weighted by molar-refractivity contribution is 0.322. The van der Waals surface area contributed by atoms with Crippen LogP contribution in [0.5, 0.6) is 0 Å². The molecule has 1 unspecified atom stereocenters. The van der Waals surface area contributed by atoms with Crippen LogP contribution >= 0.6 is 0 Å². The van der Waals surface area contributed by atoms with E-state index < -0.39 is 0 Å². The Morgan fingerprint density at radius 3 is 2.94 bits per heavy atom. The molecule has 3 N–H and O–H groups in total. The molecule has 1 aromatic rings. The fraction of sp³-hybridized carbons (Fsp3) is 0.538. The Bertz CT molecular complexity index is 362. The average Bonchev–Trinajstić information content (AvgIpc) is 2.63. The fourth-order valence-electron chi connectivity index (χ4n) is 2.31. The molecule has 1 fully saturated rings. The Morgan fingerprint density at radius 1 is 1.50 bits per heavy atom. The number of likely N-dealkylation sites (N-methyl/N-ethyl adjacent to an activating group) is 1. The van der Waals surface area contributed by atoms with Gasteiger partial charge in [-0.1, -0.05) is 6.07 Å². The van der Waals surface area contributed by atoms with Crippen molar-refractivity contribution >= 4 is 11.4 Å². The van der Waals surface area contributed by atoms with E-state index in [-0.39, 0.29) is 0 Å². The monoisotopic (exact) mass is 219 g/mol. The van der Waals surface area contributed by atoms with Crippen molar-refractivity contribution in [2.45, 2.75) is 25.8 Å². The van der Waals surface area contributed by atoms with Crippen LogP contribution in [0.25, 0.3) is 0 Å². The molecule has 0 aromatic heterocycles. The highest BCUT2D eigenvalue weighted by Gasteiger charge is 2.20. The summed E-state index contributed by atoms with van der Waals surface area (Å²) < 4.78 is 0. The van der Waals surface area contributed by atoms with Crippen molar-refractivity contribution in [2.24, 2.45) is 0 Å². The molecule has 3 heteroatoms. The summed E-state index contributed by atoms with van der Waals surface area (Å²) in [6, 6.07) is 6.83. The summed E-state index contributed by atoms with van der Waals surface area (Å²) in [7, 11) is 2.19. The van der Waals surface area contributed by atoms with Gasteiger partial charge in [-0.05, 0) is 51.1 Å². The van der Waals surface area contributed by atoms with Crippen LogP contribution in [-0.4, -0.2) is 31.1 Å². The smallest absolute Gasteiger partial charge is 0.0574 e. The molecule has 1 aromatic carbocycles. The molecular formula is C13H21N3. The van der Waals surface area contributed by atoms with Crippen molar-refractivity contribution in [3.05, 3.63) is 23.8 Å². The molecule has 1 saturated heterocycles. The normalized spacial score (nSPS) is 21.2. The minimum Gasteiger partial charge on any atom is -0.397 e. The maximum Gasteiger partial charge on any atom is 0.0574 e. The van der Waals surface area contributed by atoms with Crippen molar-refractivity contribution in [3.63, 3.8) is 0 Å². The van der Waals surface area contributed by atoms with Crippen molar-refractivity contribution in [2.75, 3.05) is 31.2 Å². The first-order valence-corrected chi connectivity index (χ1v) is 5.97. The van der Waals surface area contributed by atoms with Gasteiger partial charge in [0.05, 0.1) is 11.4 Å². The number of nitrogens with two attached hydrogens (primary N) is 1. The predicted molar refractivity (Wildman–Crippen MR) is 69.7 cm³/mol. The van der Waals surface area contributed by atoms with Crippen LogP contribution in [0.4, 0.5) is 11.4 Å². The van der Waals surface area contributed by atoms with Gasteiger partial charge in [0, 0.05) is 12.6 Å². The van der Waals surface area contributed by atoms with E-state index in [1.807, 2.05) is 6.07 Å². The zero-order valence-electron chi connectivity index (χ0n) is 10.2. The molecular weight excluding hydrogens is 198 g/mol. The van der Waals surface area contributed by atoms with Crippen molar-refractivity contribution in [3.8, 4) is 0 Å². The Kier molecular flexibility index (Phi) is 3.34. The third kappa shape index (κ3) is 2.47. The third-order valence-corrected chi connectivity index (χ3v) is 3.41. The minimum atomic E-state index is 0.653. The maximum atomic E-state index is 5.96. The lowest BCUT2D eigenvalue weighted by atomic mass is 10.1. The Hall–Kier alpha value is -1.22. The zero-order chi connectivity index (χ0) is 11.5. The number of hydrogen-bond donors (Lipinski definition) is 2. The van der Waals surface area contributed by atoms with Gasteiger partial charge in [-0.2, -0.15) is 0 Å². The van der Waals surface area contributed by atoms with Gasteiger partial charge in [0.25, 0.3) is 0 Å². The molecule has 1 aliphatic rings. The van der Waals surface area contributed by atoms with Crippen LogP contribution in [0.15, 0.2) is 18.2 Å². The Labute approximate surface area is 97.6 Å². The molecule has 88 valence electrons. The molecule has 2 rings (SSSR count). The molecule has 0 radical (unpaired) electrons. The number of nitrogens with one attached hydrogen (secondary N) is 1. The first-order chi connectivity index (χ1) is 7.66. The van der Waals surface area contributed by atoms with E-state index in [2.05, 4.69) is 36.3 Å². The second-order valence-electron chi connectivity index (χ2n) is 4.75. The fourth-order valence-corrected chi connectivity index (χ4v) is 2.31. The van der Waals surface area contributed by atoms with E-state index in [4.69, 9.17) is 5.73 Å². The topological polar surface area (TPSA) is 41.3 Å². The summed E-state index contributed by atoms with van der Waals surface area (Å²) in [4.78, 5) is 2.41. The number of nitrogen functional groups attached to an aromatic ring is 1. The zero-order valence-corrected chi connectivity index (χ0v) is 10.2. The van der Waals surface area contributed by atoms with Gasteiger partial charge in [0.1, 0.15) is 0 Å². The number of hydrogen-bond acceptors (Lipinski definition) is 3. The molecule has 0 spiro atoms. The summed E-state index contributed by atoms with van der Waals surface area (Å²) in [6.45, 7) is 4.27. The van der Waals surface area contributed by atoms with E-state index in [0.29, 0.717) is 6.04 Å². The molecule has 16 heavy (non-hydrogen) atoms. The molecule has 0 bridgehead atoms. The molecule has 0 amide bonds. The second-order valence-corrected chi connectivity index (χ2v) is 4.75. The van der Waals surface area contributed by atoms with Gasteiger partial charge in [0.2, 0.25) is 0 Å². The lowest BCUT2D eigenvalue weighted by Gasteiger charge is -2.21. The average molecular weight is 219 g/mol. The van der Waals surface area contributed by atoms with Crippen molar-refractivity contribution in [1.82, 2.24) is 4.90 Å². The number of nitrogens with zero attached hydrogens (tertiary/aromatic N) is 1. The number of anilines is 2. The van der Waals surface area contributed by atoms with E-state index in [0.717, 1.165) is 17.9 Å². The van der Waals surface area contributed by atoms with Crippen LogP contribution in [0.3, 0.4) is 0 Å². The van der Waals surface area contributed by atoms with E-state index >= 15 is 0 Å². The van der Waals surface area contributed by atoms with E-state index in [1.54, 1.807) is 0 Å². The van der Waals surface area contributed by atoms with Gasteiger partial charge < -0.3 is 16.0 Å². The first kappa shape index (κ1) is 11.3. The molecule has 1 atom stereocenters. The highest BCUT2D eigenvalue weighted by atomic mass is 15.2. The van der Waals surface area contributed by atoms with Crippen molar-refractivity contribution in [1.29, 1.82) is 0 Å². The quantitative estimate of drug-likeness (QED) is 0.765. The predicted octanol–water partition coefficient (Wildman–Crippen LogP) is 2.08. The number of benzene rings is 1.